The number of nitrogens with zero attached hydrogens (tertiary/aromatic N) is 1. The molecule has 184 valence electrons. The number of fused-ring (bicyclic) bond motifs is 1. The number of carbonyl (C=O) groups is 1. The molecule has 9 heteroatoms. The summed E-state index contributed by atoms with van der Waals surface area (Å²) in [5.41, 5.74) is 1.60. The molecule has 0 bridgehead atoms. The monoisotopic (exact) mass is 496 g/mol. The van der Waals surface area contributed by atoms with Crippen molar-refractivity contribution < 1.29 is 27.4 Å². The number of aryl methyl sites for hydroxylation is 1. The van der Waals surface area contributed by atoms with Crippen molar-refractivity contribution in [2.45, 2.75) is 24.3 Å². The van der Waals surface area contributed by atoms with Gasteiger partial charge in [-0.05, 0) is 60.5 Å². The number of para-hydroxylation sites is 2. The number of ether oxygens (including phenoxy) is 3. The summed E-state index contributed by atoms with van der Waals surface area (Å²) in [6.45, 7) is 2.45. The first-order valence-electron chi connectivity index (χ1n) is 11.3. The minimum Gasteiger partial charge on any atom is -0.497 e. The highest BCUT2D eigenvalue weighted by Gasteiger charge is 2.37. The zero-order valence-electron chi connectivity index (χ0n) is 19.6. The molecule has 0 unspecified atom stereocenters. The smallest absolute Gasteiger partial charge is 0.264 e. The molecule has 0 spiro atoms. The fraction of sp³-hybridized carbons (Fsp3) is 0.269. The minimum atomic E-state index is -3.94. The van der Waals surface area contributed by atoms with E-state index in [0.29, 0.717) is 17.2 Å². The van der Waals surface area contributed by atoms with E-state index in [1.54, 1.807) is 36.4 Å². The quantitative estimate of drug-likeness (QED) is 0.457. The van der Waals surface area contributed by atoms with Crippen LogP contribution < -0.4 is 23.8 Å². The second-order valence-electron chi connectivity index (χ2n) is 7.92. The lowest BCUT2D eigenvalue weighted by atomic mass is 10.2. The van der Waals surface area contributed by atoms with Crippen LogP contribution in [0, 0.1) is 0 Å². The van der Waals surface area contributed by atoms with E-state index in [2.05, 4.69) is 12.2 Å². The molecular formula is C26H28N2O6S. The maximum absolute atomic E-state index is 13.5. The first-order chi connectivity index (χ1) is 16.9. The van der Waals surface area contributed by atoms with Crippen LogP contribution in [0.15, 0.2) is 77.7 Å². The molecule has 0 aliphatic carbocycles. The van der Waals surface area contributed by atoms with E-state index >= 15 is 0 Å². The van der Waals surface area contributed by atoms with E-state index in [0.717, 1.165) is 12.2 Å². The Hall–Kier alpha value is -3.72. The van der Waals surface area contributed by atoms with Gasteiger partial charge in [-0.25, -0.2) is 8.42 Å². The van der Waals surface area contributed by atoms with Gasteiger partial charge in [-0.3, -0.25) is 9.10 Å². The number of amides is 1. The molecule has 1 N–H and O–H groups in total. The molecule has 0 aromatic heterocycles. The Bertz CT molecular complexity index is 1260. The summed E-state index contributed by atoms with van der Waals surface area (Å²) >= 11 is 0. The summed E-state index contributed by atoms with van der Waals surface area (Å²) < 4.78 is 44.8. The van der Waals surface area contributed by atoms with Crippen LogP contribution in [-0.4, -0.2) is 47.2 Å². The standard InChI is InChI=1S/C26H28N2O6S/c1-3-19-8-10-21(11-9-19)33-17-16-27-26(29)25-18-28(23-6-4-5-7-24(23)34-25)35(30,31)22-14-12-20(32-2)13-15-22/h4-15,25H,3,16-18H2,1-2H3,(H,27,29)/t25-/m1/s1. The van der Waals surface area contributed by atoms with Crippen LogP contribution >= 0.6 is 0 Å². The Morgan fingerprint density at radius 3 is 2.40 bits per heavy atom. The van der Waals surface area contributed by atoms with E-state index < -0.39 is 22.0 Å². The van der Waals surface area contributed by atoms with Gasteiger partial charge in [0, 0.05) is 0 Å². The second-order valence-corrected chi connectivity index (χ2v) is 9.79. The molecule has 0 radical (unpaired) electrons. The average molecular weight is 497 g/mol. The fourth-order valence-corrected chi connectivity index (χ4v) is 5.20. The van der Waals surface area contributed by atoms with Gasteiger partial charge in [-0.1, -0.05) is 31.2 Å². The van der Waals surface area contributed by atoms with Crippen LogP contribution in [0.2, 0.25) is 0 Å². The highest BCUT2D eigenvalue weighted by Crippen LogP contribution is 2.37. The molecule has 1 aliphatic rings. The van der Waals surface area contributed by atoms with Gasteiger partial charge >= 0.3 is 0 Å². The molecule has 8 nitrogen and oxygen atoms in total. The topological polar surface area (TPSA) is 94.2 Å². The largest absolute Gasteiger partial charge is 0.497 e. The fourth-order valence-electron chi connectivity index (χ4n) is 3.72. The average Bonchev–Trinajstić information content (AvgIpc) is 2.90. The first kappa shape index (κ1) is 24.4. The molecule has 1 heterocycles. The summed E-state index contributed by atoms with van der Waals surface area (Å²) in [5, 5.41) is 2.78. The van der Waals surface area contributed by atoms with E-state index in [4.69, 9.17) is 14.2 Å². The maximum Gasteiger partial charge on any atom is 0.264 e. The molecule has 0 saturated heterocycles. The Morgan fingerprint density at radius 2 is 1.71 bits per heavy atom. The number of benzene rings is 3. The van der Waals surface area contributed by atoms with Gasteiger partial charge in [0.1, 0.15) is 23.9 Å². The van der Waals surface area contributed by atoms with Crippen LogP contribution in [0.5, 0.6) is 17.2 Å². The number of hydrogen-bond donors (Lipinski definition) is 1. The summed E-state index contributed by atoms with van der Waals surface area (Å²) in [6.07, 6.45) is -0.0618. The Labute approximate surface area is 205 Å². The predicted molar refractivity (Wildman–Crippen MR) is 133 cm³/mol. The molecule has 3 aromatic carbocycles. The number of methoxy groups -OCH3 is 1. The highest BCUT2D eigenvalue weighted by molar-refractivity contribution is 7.92. The summed E-state index contributed by atoms with van der Waals surface area (Å²) in [5.74, 6) is 1.17. The van der Waals surface area contributed by atoms with Crippen LogP contribution in [-0.2, 0) is 21.2 Å². The maximum atomic E-state index is 13.5. The van der Waals surface area contributed by atoms with Crippen molar-refractivity contribution in [3.05, 3.63) is 78.4 Å². The highest BCUT2D eigenvalue weighted by atomic mass is 32.2. The van der Waals surface area contributed by atoms with Gasteiger partial charge in [-0.2, -0.15) is 0 Å². The van der Waals surface area contributed by atoms with Crippen molar-refractivity contribution in [1.29, 1.82) is 0 Å². The van der Waals surface area contributed by atoms with Crippen molar-refractivity contribution in [1.82, 2.24) is 5.32 Å². The second kappa shape index (κ2) is 10.7. The van der Waals surface area contributed by atoms with Gasteiger partial charge < -0.3 is 19.5 Å². The normalized spacial score (nSPS) is 15.0. The van der Waals surface area contributed by atoms with Gasteiger partial charge in [-0.15, -0.1) is 0 Å². The van der Waals surface area contributed by atoms with E-state index in [-0.39, 0.29) is 24.6 Å². The van der Waals surface area contributed by atoms with Gasteiger partial charge in [0.05, 0.1) is 30.8 Å². The Morgan fingerprint density at radius 1 is 1.03 bits per heavy atom. The van der Waals surface area contributed by atoms with Crippen molar-refractivity contribution in [2.75, 3.05) is 31.1 Å². The SMILES string of the molecule is CCc1ccc(OCCNC(=O)[C@H]2CN(S(=O)(=O)c3ccc(OC)cc3)c3ccccc3O2)cc1. The molecule has 35 heavy (non-hydrogen) atoms. The molecular weight excluding hydrogens is 468 g/mol. The van der Waals surface area contributed by atoms with Crippen molar-refractivity contribution in [3.63, 3.8) is 0 Å². The minimum absolute atomic E-state index is 0.0941. The van der Waals surface area contributed by atoms with Crippen LogP contribution in [0.3, 0.4) is 0 Å². The molecule has 1 amide bonds. The molecule has 1 aliphatic heterocycles. The molecule has 4 rings (SSSR count). The van der Waals surface area contributed by atoms with E-state index in [1.165, 1.54) is 29.1 Å². The summed E-state index contributed by atoms with van der Waals surface area (Å²) in [4.78, 5) is 13.0. The van der Waals surface area contributed by atoms with Gasteiger partial charge in [0.25, 0.3) is 15.9 Å². The number of sulfonamides is 1. The lowest BCUT2D eigenvalue weighted by Crippen LogP contribution is -2.51. The lowest BCUT2D eigenvalue weighted by molar-refractivity contribution is -0.127. The predicted octanol–water partition coefficient (Wildman–Crippen LogP) is 3.41. The van der Waals surface area contributed by atoms with Gasteiger partial charge in [0.2, 0.25) is 0 Å². The molecule has 1 atom stereocenters. The van der Waals surface area contributed by atoms with Crippen molar-refractivity contribution >= 4 is 21.6 Å². The summed E-state index contributed by atoms with van der Waals surface area (Å²) in [7, 11) is -2.43. The van der Waals surface area contributed by atoms with Crippen molar-refractivity contribution in [3.8, 4) is 17.2 Å². The van der Waals surface area contributed by atoms with Gasteiger partial charge in [0.15, 0.2) is 6.10 Å². The van der Waals surface area contributed by atoms with E-state index in [9.17, 15) is 13.2 Å². The first-order valence-corrected chi connectivity index (χ1v) is 12.8. The van der Waals surface area contributed by atoms with Crippen molar-refractivity contribution in [2.24, 2.45) is 0 Å². The lowest BCUT2D eigenvalue weighted by Gasteiger charge is -2.34. The zero-order chi connectivity index (χ0) is 24.8. The molecule has 0 fully saturated rings. The summed E-state index contributed by atoms with van der Waals surface area (Å²) in [6, 6.07) is 20.7. The molecule has 0 saturated carbocycles. The number of nitrogens with one attached hydrogen (secondary N) is 1. The third-order valence-electron chi connectivity index (χ3n) is 5.68. The van der Waals surface area contributed by atoms with Crippen LogP contribution in [0.25, 0.3) is 0 Å². The third kappa shape index (κ3) is 5.51. The number of carbonyl (C=O) groups excluding carboxylic acids is 1. The zero-order valence-corrected chi connectivity index (χ0v) is 20.5. The molecule has 3 aromatic rings. The Kier molecular flexibility index (Phi) is 7.45. The number of anilines is 1. The van der Waals surface area contributed by atoms with Crippen LogP contribution in [0.1, 0.15) is 12.5 Å². The number of rotatable bonds is 9. The number of hydrogen-bond acceptors (Lipinski definition) is 6. The Balaban J connectivity index is 1.44. The van der Waals surface area contributed by atoms with Crippen LogP contribution in [0.4, 0.5) is 5.69 Å². The van der Waals surface area contributed by atoms with E-state index in [1.807, 2.05) is 24.3 Å². The third-order valence-corrected chi connectivity index (χ3v) is 7.47.